The van der Waals surface area contributed by atoms with E-state index < -0.39 is 5.91 Å². The number of nitrogen functional groups attached to an aromatic ring is 1. The van der Waals surface area contributed by atoms with E-state index in [1.165, 1.54) is 18.9 Å². The smallest absolute Gasteiger partial charge is 0.269 e. The average Bonchev–Trinajstić information content (AvgIpc) is 2.62. The minimum absolute atomic E-state index is 0.0421. The summed E-state index contributed by atoms with van der Waals surface area (Å²) in [5, 5.41) is 11.5. The minimum Gasteiger partial charge on any atom is -0.480 e. The highest BCUT2D eigenvalue weighted by Crippen LogP contribution is 2.17. The maximum atomic E-state index is 11.3. The minimum atomic E-state index is -0.707. The van der Waals surface area contributed by atoms with Gasteiger partial charge in [-0.25, -0.2) is 0 Å². The number of nitrogens with zero attached hydrogens (tertiary/aromatic N) is 2. The zero-order chi connectivity index (χ0) is 13.0. The quantitative estimate of drug-likeness (QED) is 0.458. The molecule has 1 amide bonds. The van der Waals surface area contributed by atoms with Crippen LogP contribution in [-0.2, 0) is 16.0 Å². The van der Waals surface area contributed by atoms with Crippen LogP contribution >= 0.6 is 0 Å². The van der Waals surface area contributed by atoms with Gasteiger partial charge in [-0.2, -0.15) is 5.10 Å². The maximum absolute atomic E-state index is 11.3. The lowest BCUT2D eigenvalue weighted by Crippen LogP contribution is -2.20. The van der Waals surface area contributed by atoms with Crippen molar-refractivity contribution in [1.82, 2.24) is 9.78 Å². The molecule has 0 unspecified atom stereocenters. The van der Waals surface area contributed by atoms with E-state index in [-0.39, 0.29) is 23.0 Å². The number of amides is 1. The van der Waals surface area contributed by atoms with Crippen molar-refractivity contribution in [3.63, 3.8) is 0 Å². The van der Waals surface area contributed by atoms with Gasteiger partial charge in [-0.15, -0.1) is 0 Å². The number of carbonyl (C=O) groups is 1. The van der Waals surface area contributed by atoms with Gasteiger partial charge in [0, 0.05) is 7.11 Å². The van der Waals surface area contributed by atoms with Gasteiger partial charge in [0.2, 0.25) is 5.90 Å². The number of methoxy groups -OCH3 is 2. The van der Waals surface area contributed by atoms with Gasteiger partial charge in [-0.1, -0.05) is 0 Å². The molecule has 0 bridgehead atoms. The van der Waals surface area contributed by atoms with Crippen LogP contribution in [0.5, 0.6) is 0 Å². The molecule has 1 rings (SSSR count). The van der Waals surface area contributed by atoms with Crippen molar-refractivity contribution in [2.45, 2.75) is 6.54 Å². The van der Waals surface area contributed by atoms with Gasteiger partial charge in [0.15, 0.2) is 5.69 Å². The van der Waals surface area contributed by atoms with E-state index in [0.717, 1.165) is 0 Å². The first kappa shape index (κ1) is 13.0. The zero-order valence-corrected chi connectivity index (χ0v) is 9.69. The van der Waals surface area contributed by atoms with Gasteiger partial charge < -0.3 is 20.9 Å². The van der Waals surface area contributed by atoms with E-state index in [1.54, 1.807) is 0 Å². The fourth-order valence-electron chi connectivity index (χ4n) is 1.34. The number of primary amides is 1. The third-order valence-corrected chi connectivity index (χ3v) is 2.15. The lowest BCUT2D eigenvalue weighted by molar-refractivity contribution is 0.0987. The lowest BCUT2D eigenvalue weighted by atomic mass is 10.3. The molecule has 0 spiro atoms. The summed E-state index contributed by atoms with van der Waals surface area (Å²) in [6.45, 7) is 0.664. The van der Waals surface area contributed by atoms with Crippen molar-refractivity contribution in [1.29, 1.82) is 5.41 Å². The van der Waals surface area contributed by atoms with Crippen molar-refractivity contribution < 1.29 is 14.3 Å². The normalized spacial score (nSPS) is 10.2. The number of nitrogens with one attached hydrogen (secondary N) is 1. The number of aromatic nitrogens is 2. The van der Waals surface area contributed by atoms with Crippen LogP contribution in [0, 0.1) is 5.41 Å². The second kappa shape index (κ2) is 5.30. The van der Waals surface area contributed by atoms with Gasteiger partial charge in [0.1, 0.15) is 5.69 Å². The van der Waals surface area contributed by atoms with Gasteiger partial charge >= 0.3 is 0 Å². The van der Waals surface area contributed by atoms with Crippen LogP contribution in [0.15, 0.2) is 0 Å². The second-order valence-electron chi connectivity index (χ2n) is 3.22. The van der Waals surface area contributed by atoms with Gasteiger partial charge in [0.05, 0.1) is 25.9 Å². The van der Waals surface area contributed by atoms with Crippen LogP contribution in [0.25, 0.3) is 0 Å². The Morgan fingerprint density at radius 1 is 1.53 bits per heavy atom. The Labute approximate surface area is 98.0 Å². The fraction of sp³-hybridized carbons (Fsp3) is 0.444. The summed E-state index contributed by atoms with van der Waals surface area (Å²) in [7, 11) is 2.84. The molecule has 8 nitrogen and oxygen atoms in total. The van der Waals surface area contributed by atoms with E-state index >= 15 is 0 Å². The van der Waals surface area contributed by atoms with Crippen LogP contribution in [-0.4, -0.2) is 42.4 Å². The van der Waals surface area contributed by atoms with Crippen LogP contribution in [0.3, 0.4) is 0 Å². The predicted octanol–water partition coefficient (Wildman–Crippen LogP) is -0.818. The molecule has 0 saturated carbocycles. The van der Waals surface area contributed by atoms with E-state index in [2.05, 4.69) is 5.10 Å². The zero-order valence-electron chi connectivity index (χ0n) is 9.69. The molecule has 0 atom stereocenters. The summed E-state index contributed by atoms with van der Waals surface area (Å²) < 4.78 is 10.9. The number of rotatable bonds is 5. The monoisotopic (exact) mass is 241 g/mol. The molecule has 17 heavy (non-hydrogen) atoms. The summed E-state index contributed by atoms with van der Waals surface area (Å²) in [4.78, 5) is 11.3. The first-order valence-corrected chi connectivity index (χ1v) is 4.80. The Morgan fingerprint density at radius 3 is 2.65 bits per heavy atom. The molecular formula is C9H15N5O3. The Bertz CT molecular complexity index is 440. The molecule has 5 N–H and O–H groups in total. The van der Waals surface area contributed by atoms with Gasteiger partial charge in [-0.05, 0) is 0 Å². The third kappa shape index (κ3) is 2.53. The SMILES string of the molecule is COCCn1nc(C(=N)OC)c(N)c1C(N)=O. The van der Waals surface area contributed by atoms with E-state index in [4.69, 9.17) is 26.4 Å². The molecule has 0 aliphatic heterocycles. The number of hydrogen-bond acceptors (Lipinski definition) is 6. The van der Waals surface area contributed by atoms with Crippen molar-refractivity contribution in [3.05, 3.63) is 11.4 Å². The second-order valence-corrected chi connectivity index (χ2v) is 3.22. The topological polar surface area (TPSA) is 129 Å². The standard InChI is InChI=1S/C9H15N5O3/c1-16-4-3-14-7(8(11)15)5(10)6(13-14)9(12)17-2/h12H,3-4,10H2,1-2H3,(H2,11,15). The number of ether oxygens (including phenoxy) is 2. The van der Waals surface area contributed by atoms with E-state index in [9.17, 15) is 4.79 Å². The summed E-state index contributed by atoms with van der Waals surface area (Å²) in [6.07, 6.45) is 0. The summed E-state index contributed by atoms with van der Waals surface area (Å²) in [5.74, 6) is -0.928. The van der Waals surface area contributed by atoms with Gasteiger partial charge in [0.25, 0.3) is 5.91 Å². The van der Waals surface area contributed by atoms with Crippen molar-refractivity contribution in [2.75, 3.05) is 26.6 Å². The lowest BCUT2D eigenvalue weighted by Gasteiger charge is -2.03. The van der Waals surface area contributed by atoms with Crippen LogP contribution in [0.4, 0.5) is 5.69 Å². The highest BCUT2D eigenvalue weighted by Gasteiger charge is 2.22. The molecule has 94 valence electrons. The van der Waals surface area contributed by atoms with Crippen LogP contribution in [0.2, 0.25) is 0 Å². The highest BCUT2D eigenvalue weighted by atomic mass is 16.5. The average molecular weight is 241 g/mol. The van der Waals surface area contributed by atoms with Crippen LogP contribution < -0.4 is 11.5 Å². The largest absolute Gasteiger partial charge is 0.480 e. The van der Waals surface area contributed by atoms with E-state index in [1.807, 2.05) is 0 Å². The summed E-state index contributed by atoms with van der Waals surface area (Å²) in [6, 6.07) is 0. The molecule has 0 aromatic carbocycles. The third-order valence-electron chi connectivity index (χ3n) is 2.15. The molecule has 1 aromatic heterocycles. The first-order chi connectivity index (χ1) is 8.02. The predicted molar refractivity (Wildman–Crippen MR) is 60.9 cm³/mol. The van der Waals surface area contributed by atoms with Gasteiger partial charge in [-0.3, -0.25) is 14.9 Å². The molecule has 0 aliphatic rings. The number of hydrogen-bond donors (Lipinski definition) is 3. The number of nitrogens with two attached hydrogens (primary N) is 2. The molecule has 8 heteroatoms. The van der Waals surface area contributed by atoms with Crippen molar-refractivity contribution >= 4 is 17.5 Å². The fourth-order valence-corrected chi connectivity index (χ4v) is 1.34. The first-order valence-electron chi connectivity index (χ1n) is 4.80. The molecule has 1 heterocycles. The Morgan fingerprint density at radius 2 is 2.18 bits per heavy atom. The maximum Gasteiger partial charge on any atom is 0.269 e. The Balaban J connectivity index is 3.19. The molecule has 0 fully saturated rings. The summed E-state index contributed by atoms with van der Waals surface area (Å²) in [5.41, 5.74) is 11.1. The number of carbonyl (C=O) groups excluding carboxylic acids is 1. The molecule has 0 radical (unpaired) electrons. The Hall–Kier alpha value is -2.09. The van der Waals surface area contributed by atoms with Crippen LogP contribution in [0.1, 0.15) is 16.2 Å². The molecular weight excluding hydrogens is 226 g/mol. The number of anilines is 1. The molecule has 0 aliphatic carbocycles. The molecule has 1 aromatic rings. The summed E-state index contributed by atoms with van der Waals surface area (Å²) >= 11 is 0. The van der Waals surface area contributed by atoms with E-state index in [0.29, 0.717) is 13.2 Å². The van der Waals surface area contributed by atoms with Crippen molar-refractivity contribution in [2.24, 2.45) is 5.73 Å². The Kier molecular flexibility index (Phi) is 4.05. The molecule has 0 saturated heterocycles. The highest BCUT2D eigenvalue weighted by molar-refractivity contribution is 6.03. The van der Waals surface area contributed by atoms with Crippen molar-refractivity contribution in [3.8, 4) is 0 Å².